The van der Waals surface area contributed by atoms with Crippen LogP contribution >= 0.6 is 0 Å². The van der Waals surface area contributed by atoms with Crippen LogP contribution in [0.25, 0.3) is 10.9 Å². The summed E-state index contributed by atoms with van der Waals surface area (Å²) in [6.45, 7) is 0. The molecule has 0 aliphatic rings. The second-order valence-corrected chi connectivity index (χ2v) is 4.86. The normalized spacial score (nSPS) is 10.9. The number of tetrazole rings is 1. The molecular formula is C14H16N6O. The van der Waals surface area contributed by atoms with E-state index >= 15 is 0 Å². The van der Waals surface area contributed by atoms with Crippen molar-refractivity contribution in [1.29, 1.82) is 0 Å². The second kappa shape index (κ2) is 5.74. The van der Waals surface area contributed by atoms with Gasteiger partial charge < -0.3 is 4.98 Å². The number of carbonyl (C=O) groups excluding carboxylic acids is 1. The van der Waals surface area contributed by atoms with E-state index in [1.54, 1.807) is 7.05 Å². The third-order valence-electron chi connectivity index (χ3n) is 3.28. The first-order chi connectivity index (χ1) is 10.2. The molecule has 2 N–H and O–H groups in total. The van der Waals surface area contributed by atoms with Crippen LogP contribution in [-0.4, -0.2) is 31.1 Å². The van der Waals surface area contributed by atoms with Crippen molar-refractivity contribution in [2.75, 3.05) is 5.32 Å². The van der Waals surface area contributed by atoms with Crippen LogP contribution in [-0.2, 0) is 18.3 Å². The van der Waals surface area contributed by atoms with E-state index in [2.05, 4.69) is 31.8 Å². The van der Waals surface area contributed by atoms with Gasteiger partial charge in [0.15, 0.2) is 0 Å². The zero-order valence-electron chi connectivity index (χ0n) is 11.7. The fraction of sp³-hybridized carbons (Fsp3) is 0.286. The quantitative estimate of drug-likeness (QED) is 0.745. The Hall–Kier alpha value is -2.70. The highest BCUT2D eigenvalue weighted by Crippen LogP contribution is 2.19. The molecular weight excluding hydrogens is 268 g/mol. The first-order valence-electron chi connectivity index (χ1n) is 6.81. The molecule has 0 unspecified atom stereocenters. The second-order valence-electron chi connectivity index (χ2n) is 4.86. The monoisotopic (exact) mass is 284 g/mol. The van der Waals surface area contributed by atoms with Crippen LogP contribution < -0.4 is 5.32 Å². The van der Waals surface area contributed by atoms with Crippen LogP contribution in [0, 0.1) is 0 Å². The fourth-order valence-corrected chi connectivity index (χ4v) is 2.30. The van der Waals surface area contributed by atoms with Crippen molar-refractivity contribution in [3.8, 4) is 0 Å². The lowest BCUT2D eigenvalue weighted by molar-refractivity contribution is -0.116. The van der Waals surface area contributed by atoms with E-state index in [9.17, 15) is 4.79 Å². The maximum Gasteiger partial charge on any atom is 0.270 e. The van der Waals surface area contributed by atoms with Gasteiger partial charge in [-0.3, -0.25) is 10.1 Å². The Balaban J connectivity index is 1.53. The summed E-state index contributed by atoms with van der Waals surface area (Å²) in [6, 6.07) is 8.16. The first kappa shape index (κ1) is 13.3. The number of aromatic amines is 1. The molecule has 2 aromatic heterocycles. The van der Waals surface area contributed by atoms with Crippen LogP contribution in [0.15, 0.2) is 30.5 Å². The lowest BCUT2D eigenvalue weighted by Crippen LogP contribution is -2.12. The Bertz CT molecular complexity index is 760. The van der Waals surface area contributed by atoms with Crippen LogP contribution in [0.1, 0.15) is 18.4 Å². The van der Waals surface area contributed by atoms with Crippen LogP contribution in [0.2, 0.25) is 0 Å². The SMILES string of the molecule is Cn1nnc(NC(=O)CCCc2c[nH]c3ccccc23)n1. The number of benzene rings is 1. The lowest BCUT2D eigenvalue weighted by atomic mass is 10.1. The highest BCUT2D eigenvalue weighted by Gasteiger charge is 2.08. The molecule has 0 aliphatic heterocycles. The number of carbonyl (C=O) groups is 1. The Morgan fingerprint density at radius 2 is 2.24 bits per heavy atom. The first-order valence-corrected chi connectivity index (χ1v) is 6.81. The predicted octanol–water partition coefficient (Wildman–Crippen LogP) is 1.65. The molecule has 0 radical (unpaired) electrons. The molecule has 0 fully saturated rings. The Kier molecular flexibility index (Phi) is 3.63. The van der Waals surface area contributed by atoms with Gasteiger partial charge in [-0.25, -0.2) is 0 Å². The average molecular weight is 284 g/mol. The van der Waals surface area contributed by atoms with E-state index < -0.39 is 0 Å². The molecule has 0 spiro atoms. The third-order valence-corrected chi connectivity index (χ3v) is 3.28. The van der Waals surface area contributed by atoms with Crippen molar-refractivity contribution in [2.45, 2.75) is 19.3 Å². The maximum atomic E-state index is 11.8. The van der Waals surface area contributed by atoms with Gasteiger partial charge in [-0.2, -0.15) is 4.80 Å². The van der Waals surface area contributed by atoms with Crippen molar-refractivity contribution in [2.24, 2.45) is 7.05 Å². The summed E-state index contributed by atoms with van der Waals surface area (Å²) in [5.41, 5.74) is 2.36. The minimum absolute atomic E-state index is 0.0946. The van der Waals surface area contributed by atoms with E-state index in [4.69, 9.17) is 0 Å². The van der Waals surface area contributed by atoms with Gasteiger partial charge in [0, 0.05) is 23.5 Å². The Morgan fingerprint density at radius 3 is 3.05 bits per heavy atom. The number of aryl methyl sites for hydroxylation is 2. The van der Waals surface area contributed by atoms with E-state index in [1.807, 2.05) is 24.4 Å². The van der Waals surface area contributed by atoms with Gasteiger partial charge in [-0.1, -0.05) is 23.3 Å². The summed E-state index contributed by atoms with van der Waals surface area (Å²) in [5.74, 6) is 0.150. The van der Waals surface area contributed by atoms with Crippen molar-refractivity contribution < 1.29 is 4.79 Å². The maximum absolute atomic E-state index is 11.8. The van der Waals surface area contributed by atoms with Crippen LogP contribution in [0.5, 0.6) is 0 Å². The number of para-hydroxylation sites is 1. The predicted molar refractivity (Wildman–Crippen MR) is 78.7 cm³/mol. The fourth-order valence-electron chi connectivity index (χ4n) is 2.30. The number of hydrogen-bond donors (Lipinski definition) is 2. The minimum Gasteiger partial charge on any atom is -0.361 e. The van der Waals surface area contributed by atoms with E-state index in [-0.39, 0.29) is 11.9 Å². The van der Waals surface area contributed by atoms with Crippen LogP contribution in [0.3, 0.4) is 0 Å². The number of nitrogens with zero attached hydrogens (tertiary/aromatic N) is 4. The van der Waals surface area contributed by atoms with E-state index in [0.717, 1.165) is 18.4 Å². The molecule has 0 saturated heterocycles. The number of H-pyrrole nitrogens is 1. The Labute approximate surface area is 121 Å². The molecule has 3 aromatic rings. The summed E-state index contributed by atoms with van der Waals surface area (Å²) < 4.78 is 0. The highest BCUT2D eigenvalue weighted by atomic mass is 16.1. The van der Waals surface area contributed by atoms with Gasteiger partial charge in [0.05, 0.1) is 7.05 Å². The smallest absolute Gasteiger partial charge is 0.270 e. The number of fused-ring (bicyclic) bond motifs is 1. The molecule has 0 bridgehead atoms. The van der Waals surface area contributed by atoms with Crippen molar-refractivity contribution >= 4 is 22.8 Å². The van der Waals surface area contributed by atoms with Gasteiger partial charge in [0.25, 0.3) is 5.95 Å². The Morgan fingerprint density at radius 1 is 1.38 bits per heavy atom. The standard InChI is InChI=1S/C14H16N6O/c1-20-18-14(17-19-20)16-13(21)8-4-5-10-9-15-12-7-3-2-6-11(10)12/h2-3,6-7,9,15H,4-5,8H2,1H3,(H,16,18,21). The molecule has 108 valence electrons. The molecule has 1 amide bonds. The molecule has 0 saturated carbocycles. The van der Waals surface area contributed by atoms with Crippen molar-refractivity contribution in [3.05, 3.63) is 36.0 Å². The molecule has 3 rings (SSSR count). The molecule has 21 heavy (non-hydrogen) atoms. The van der Waals surface area contributed by atoms with Crippen molar-refractivity contribution in [1.82, 2.24) is 25.2 Å². The van der Waals surface area contributed by atoms with Gasteiger partial charge in [0.1, 0.15) is 0 Å². The molecule has 2 heterocycles. The largest absolute Gasteiger partial charge is 0.361 e. The minimum atomic E-state index is -0.0946. The van der Waals surface area contributed by atoms with Gasteiger partial charge in [-0.15, -0.1) is 5.10 Å². The summed E-state index contributed by atoms with van der Waals surface area (Å²) in [4.78, 5) is 16.3. The molecule has 0 aliphatic carbocycles. The summed E-state index contributed by atoms with van der Waals surface area (Å²) in [5, 5.41) is 15.1. The zero-order valence-corrected chi connectivity index (χ0v) is 11.7. The number of anilines is 1. The molecule has 1 aromatic carbocycles. The number of hydrogen-bond acceptors (Lipinski definition) is 4. The number of aromatic nitrogens is 5. The molecule has 7 nitrogen and oxygen atoms in total. The molecule has 0 atom stereocenters. The van der Waals surface area contributed by atoms with Gasteiger partial charge in [-0.05, 0) is 29.7 Å². The summed E-state index contributed by atoms with van der Waals surface area (Å²) in [6.07, 6.45) is 4.06. The summed E-state index contributed by atoms with van der Waals surface area (Å²) in [7, 11) is 1.65. The number of amides is 1. The van der Waals surface area contributed by atoms with Gasteiger partial charge in [0.2, 0.25) is 5.91 Å². The van der Waals surface area contributed by atoms with Crippen LogP contribution in [0.4, 0.5) is 5.95 Å². The van der Waals surface area contributed by atoms with E-state index in [0.29, 0.717) is 6.42 Å². The zero-order chi connectivity index (χ0) is 14.7. The lowest BCUT2D eigenvalue weighted by Gasteiger charge is -2.01. The summed E-state index contributed by atoms with van der Waals surface area (Å²) >= 11 is 0. The van der Waals surface area contributed by atoms with E-state index in [1.165, 1.54) is 15.7 Å². The molecule has 7 heteroatoms. The highest BCUT2D eigenvalue weighted by molar-refractivity contribution is 5.88. The third kappa shape index (κ3) is 3.07. The van der Waals surface area contributed by atoms with Crippen molar-refractivity contribution in [3.63, 3.8) is 0 Å². The van der Waals surface area contributed by atoms with Gasteiger partial charge >= 0.3 is 0 Å². The number of rotatable bonds is 5. The number of nitrogens with one attached hydrogen (secondary N) is 2. The topological polar surface area (TPSA) is 88.5 Å². The average Bonchev–Trinajstić information content (AvgIpc) is 3.06.